The van der Waals surface area contributed by atoms with Gasteiger partial charge < -0.3 is 0 Å². The number of rotatable bonds is 3. The molecule has 2 heteroatoms. The molecule has 5 rings (SSSR count). The van der Waals surface area contributed by atoms with Crippen LogP contribution in [0.25, 0.3) is 11.1 Å². The monoisotopic (exact) mass is 446 g/mol. The molecule has 0 spiro atoms. The van der Waals surface area contributed by atoms with Crippen molar-refractivity contribution in [2.24, 2.45) is 0 Å². The Bertz CT molecular complexity index is 1210. The second-order valence-corrected chi connectivity index (χ2v) is 11.6. The number of aromatic nitrogens is 2. The summed E-state index contributed by atoms with van der Waals surface area (Å²) in [5.74, 6) is 0.399. The second kappa shape index (κ2) is 8.20. The van der Waals surface area contributed by atoms with Gasteiger partial charge in [0.1, 0.15) is 0 Å². The minimum Gasteiger partial charge on any atom is -0.265 e. The molecule has 0 bridgehead atoms. The molecular weight excluding hydrogens is 412 g/mol. The Balaban J connectivity index is 1.81. The zero-order valence-electron chi connectivity index (χ0n) is 21.1. The summed E-state index contributed by atoms with van der Waals surface area (Å²) in [6.07, 6.45) is 7.66. The highest BCUT2D eigenvalue weighted by molar-refractivity contribution is 5.81. The highest BCUT2D eigenvalue weighted by Gasteiger charge is 2.37. The van der Waals surface area contributed by atoms with E-state index >= 15 is 0 Å². The van der Waals surface area contributed by atoms with Crippen molar-refractivity contribution >= 4 is 0 Å². The Morgan fingerprint density at radius 1 is 0.559 bits per heavy atom. The van der Waals surface area contributed by atoms with Crippen molar-refractivity contribution in [3.63, 3.8) is 0 Å². The van der Waals surface area contributed by atoms with E-state index in [1.807, 2.05) is 24.8 Å². The Hall–Kier alpha value is -3.26. The molecule has 0 unspecified atom stereocenters. The van der Waals surface area contributed by atoms with Gasteiger partial charge in [0, 0.05) is 36.6 Å². The van der Waals surface area contributed by atoms with E-state index in [9.17, 15) is 0 Å². The first-order valence-electron chi connectivity index (χ1n) is 12.2. The number of hydrogen-bond acceptors (Lipinski definition) is 2. The Labute approximate surface area is 204 Å². The van der Waals surface area contributed by atoms with Crippen LogP contribution in [0.4, 0.5) is 0 Å². The summed E-state index contributed by atoms with van der Waals surface area (Å²) in [6.45, 7) is 13.8. The molecule has 0 radical (unpaired) electrons. The molecule has 1 aliphatic carbocycles. The molecule has 2 aromatic heterocycles. The fourth-order valence-electron chi connectivity index (χ4n) is 5.31. The van der Waals surface area contributed by atoms with Crippen molar-refractivity contribution in [3.05, 3.63) is 119 Å². The molecule has 2 aromatic carbocycles. The maximum atomic E-state index is 4.32. The molecule has 0 atom stereocenters. The lowest BCUT2D eigenvalue weighted by Crippen LogP contribution is -2.16. The van der Waals surface area contributed by atoms with Crippen molar-refractivity contribution in [3.8, 4) is 11.1 Å². The van der Waals surface area contributed by atoms with E-state index in [-0.39, 0.29) is 22.7 Å². The van der Waals surface area contributed by atoms with Crippen LogP contribution in [-0.2, 0) is 10.8 Å². The van der Waals surface area contributed by atoms with Crippen molar-refractivity contribution in [2.75, 3.05) is 0 Å². The van der Waals surface area contributed by atoms with E-state index in [0.717, 1.165) is 0 Å². The summed E-state index contributed by atoms with van der Waals surface area (Å²) in [5.41, 5.74) is 11.1. The van der Waals surface area contributed by atoms with Crippen molar-refractivity contribution in [1.82, 2.24) is 9.97 Å². The zero-order chi connectivity index (χ0) is 24.1. The molecule has 4 aromatic rings. The van der Waals surface area contributed by atoms with Crippen LogP contribution in [0.15, 0.2) is 85.5 Å². The van der Waals surface area contributed by atoms with Gasteiger partial charge in [0.25, 0.3) is 0 Å². The summed E-state index contributed by atoms with van der Waals surface area (Å²) < 4.78 is 0. The standard InChI is InChI=1S/C32H34N2/c1-31(2,3)23-7-9-25-26-10-8-24(32(4,5)6)20-28(26)30(27(25)19-23)29(21-11-15-33-16-12-21)22-13-17-34-18-14-22/h7-20,29-30H,1-6H3. The fraction of sp³-hybridized carbons (Fsp3) is 0.312. The van der Waals surface area contributed by atoms with Gasteiger partial charge in [-0.1, -0.05) is 77.9 Å². The molecule has 0 aliphatic heterocycles. The third-order valence-electron chi connectivity index (χ3n) is 7.26. The molecule has 0 fully saturated rings. The van der Waals surface area contributed by atoms with Gasteiger partial charge in [0.2, 0.25) is 0 Å². The van der Waals surface area contributed by atoms with Crippen molar-refractivity contribution < 1.29 is 0 Å². The van der Waals surface area contributed by atoms with Crippen molar-refractivity contribution in [2.45, 2.75) is 64.2 Å². The lowest BCUT2D eigenvalue weighted by Gasteiger charge is -2.29. The molecule has 0 saturated carbocycles. The topological polar surface area (TPSA) is 25.8 Å². The van der Waals surface area contributed by atoms with Gasteiger partial charge in [-0.05, 0) is 79.6 Å². The molecule has 2 heterocycles. The number of hydrogen-bond donors (Lipinski definition) is 0. The first-order valence-corrected chi connectivity index (χ1v) is 12.2. The number of benzene rings is 2. The van der Waals surface area contributed by atoms with E-state index in [1.54, 1.807) is 0 Å². The summed E-state index contributed by atoms with van der Waals surface area (Å²) in [5, 5.41) is 0. The first kappa shape index (κ1) is 22.5. The SMILES string of the molecule is CC(C)(C)c1ccc2c(c1)C(C(c1ccncc1)c1ccncc1)c1cc(C(C)(C)C)ccc1-2. The maximum Gasteiger partial charge on any atom is 0.0270 e. The predicted octanol–water partition coefficient (Wildman–Crippen LogP) is 8.02. The van der Waals surface area contributed by atoms with Crippen molar-refractivity contribution in [1.29, 1.82) is 0 Å². The normalized spacial score (nSPS) is 13.7. The van der Waals surface area contributed by atoms with E-state index in [1.165, 1.54) is 44.5 Å². The Morgan fingerprint density at radius 2 is 0.941 bits per heavy atom. The molecule has 1 aliphatic rings. The highest BCUT2D eigenvalue weighted by atomic mass is 14.6. The van der Waals surface area contributed by atoms with Gasteiger partial charge in [-0.15, -0.1) is 0 Å². The number of nitrogens with zero attached hydrogens (tertiary/aromatic N) is 2. The predicted molar refractivity (Wildman–Crippen MR) is 141 cm³/mol. The van der Waals surface area contributed by atoms with Gasteiger partial charge in [-0.25, -0.2) is 0 Å². The van der Waals surface area contributed by atoms with Gasteiger partial charge in [0.15, 0.2) is 0 Å². The maximum absolute atomic E-state index is 4.32. The first-order chi connectivity index (χ1) is 16.1. The van der Waals surface area contributed by atoms with E-state index in [4.69, 9.17) is 0 Å². The smallest absolute Gasteiger partial charge is 0.0270 e. The quantitative estimate of drug-likeness (QED) is 0.318. The van der Waals surface area contributed by atoms with Gasteiger partial charge >= 0.3 is 0 Å². The average Bonchev–Trinajstić information content (AvgIpc) is 3.13. The van der Waals surface area contributed by atoms with E-state index in [0.29, 0.717) is 0 Å². The minimum absolute atomic E-state index is 0.0910. The van der Waals surface area contributed by atoms with Crippen LogP contribution in [0, 0.1) is 0 Å². The zero-order valence-corrected chi connectivity index (χ0v) is 21.1. The molecule has 0 amide bonds. The largest absolute Gasteiger partial charge is 0.265 e. The Kier molecular flexibility index (Phi) is 5.43. The second-order valence-electron chi connectivity index (χ2n) is 11.6. The third-order valence-corrected chi connectivity index (χ3v) is 7.26. The van der Waals surface area contributed by atoms with Crippen LogP contribution in [0.3, 0.4) is 0 Å². The van der Waals surface area contributed by atoms with Gasteiger partial charge in [0.05, 0.1) is 0 Å². The molecule has 34 heavy (non-hydrogen) atoms. The van der Waals surface area contributed by atoms with Crippen LogP contribution >= 0.6 is 0 Å². The van der Waals surface area contributed by atoms with Crippen LogP contribution in [0.2, 0.25) is 0 Å². The van der Waals surface area contributed by atoms with Gasteiger partial charge in [-0.3, -0.25) is 9.97 Å². The average molecular weight is 447 g/mol. The summed E-state index contributed by atoms with van der Waals surface area (Å²) in [6, 6.07) is 22.9. The lowest BCUT2D eigenvalue weighted by atomic mass is 9.74. The minimum atomic E-state index is 0.0910. The number of fused-ring (bicyclic) bond motifs is 3. The fourth-order valence-corrected chi connectivity index (χ4v) is 5.31. The third kappa shape index (κ3) is 3.96. The molecule has 172 valence electrons. The van der Waals surface area contributed by atoms with Crippen LogP contribution in [0.1, 0.15) is 86.8 Å². The molecule has 0 N–H and O–H groups in total. The van der Waals surface area contributed by atoms with E-state index < -0.39 is 0 Å². The summed E-state index contributed by atoms with van der Waals surface area (Å²) in [7, 11) is 0. The highest BCUT2D eigenvalue weighted by Crippen LogP contribution is 2.54. The molecular formula is C32H34N2. The van der Waals surface area contributed by atoms with Crippen LogP contribution in [-0.4, -0.2) is 9.97 Å². The van der Waals surface area contributed by atoms with Gasteiger partial charge in [-0.2, -0.15) is 0 Å². The van der Waals surface area contributed by atoms with Crippen LogP contribution < -0.4 is 0 Å². The molecule has 0 saturated heterocycles. The number of pyridine rings is 2. The summed E-state index contributed by atoms with van der Waals surface area (Å²) in [4.78, 5) is 8.63. The molecule has 2 nitrogen and oxygen atoms in total. The Morgan fingerprint density at radius 3 is 1.29 bits per heavy atom. The van der Waals surface area contributed by atoms with E-state index in [2.05, 4.69) is 112 Å². The lowest BCUT2D eigenvalue weighted by molar-refractivity contribution is 0.586. The summed E-state index contributed by atoms with van der Waals surface area (Å²) >= 11 is 0. The van der Waals surface area contributed by atoms with Crippen LogP contribution in [0.5, 0.6) is 0 Å².